The molecule has 2 atom stereocenters. The minimum atomic E-state index is -0.516. The molecule has 1 saturated heterocycles. The Morgan fingerprint density at radius 2 is 1.96 bits per heavy atom. The third-order valence-corrected chi connectivity index (χ3v) is 4.97. The Labute approximate surface area is 156 Å². The molecular formula is C19H30ClN3O2. The maximum Gasteiger partial charge on any atom is 0.252 e. The van der Waals surface area contributed by atoms with Crippen LogP contribution in [-0.2, 0) is 4.79 Å². The molecule has 25 heavy (non-hydrogen) atoms. The van der Waals surface area contributed by atoms with Crippen LogP contribution in [0.15, 0.2) is 24.3 Å². The molecule has 2 rings (SSSR count). The van der Waals surface area contributed by atoms with Gasteiger partial charge >= 0.3 is 0 Å². The lowest BCUT2D eigenvalue weighted by atomic mass is 9.90. The van der Waals surface area contributed by atoms with E-state index in [9.17, 15) is 9.59 Å². The number of halogens is 1. The van der Waals surface area contributed by atoms with E-state index >= 15 is 0 Å². The van der Waals surface area contributed by atoms with Gasteiger partial charge in [-0.3, -0.25) is 9.59 Å². The molecule has 0 radical (unpaired) electrons. The molecule has 3 N–H and O–H groups in total. The van der Waals surface area contributed by atoms with Gasteiger partial charge in [0.15, 0.2) is 0 Å². The highest BCUT2D eigenvalue weighted by molar-refractivity contribution is 5.98. The minimum Gasteiger partial charge on any atom is -0.340 e. The Bertz CT molecular complexity index is 620. The smallest absolute Gasteiger partial charge is 0.252 e. The standard InChI is InChI=1S/C19H29N3O2.ClH/c1-13(2)16(18(24)22-10-9-19(4,11-20)12-22)21-17(23)15-8-6-5-7-14(15)3;/h5-8,13,16H,9-12,20H2,1-4H3,(H,21,23);1H. The summed E-state index contributed by atoms with van der Waals surface area (Å²) in [5.41, 5.74) is 7.33. The number of rotatable bonds is 5. The quantitative estimate of drug-likeness (QED) is 0.838. The molecule has 1 aliphatic heterocycles. The van der Waals surface area contributed by atoms with Crippen LogP contribution in [0.3, 0.4) is 0 Å². The fraction of sp³-hybridized carbons (Fsp3) is 0.579. The predicted molar refractivity (Wildman–Crippen MR) is 103 cm³/mol. The first kappa shape index (κ1) is 21.5. The lowest BCUT2D eigenvalue weighted by Crippen LogP contribution is -2.51. The number of benzene rings is 1. The van der Waals surface area contributed by atoms with Crippen LogP contribution in [0.25, 0.3) is 0 Å². The normalized spacial score (nSPS) is 21.0. The molecule has 0 spiro atoms. The molecule has 1 heterocycles. The number of hydrogen-bond acceptors (Lipinski definition) is 3. The molecule has 6 heteroatoms. The fourth-order valence-electron chi connectivity index (χ4n) is 3.14. The van der Waals surface area contributed by atoms with Crippen molar-refractivity contribution >= 4 is 24.2 Å². The molecule has 1 aromatic rings. The SMILES string of the molecule is Cc1ccccc1C(=O)NC(C(=O)N1CCC(C)(CN)C1)C(C)C.Cl. The summed E-state index contributed by atoms with van der Waals surface area (Å²) in [6, 6.07) is 6.90. The maximum absolute atomic E-state index is 12.9. The molecule has 0 aromatic heterocycles. The highest BCUT2D eigenvalue weighted by Gasteiger charge is 2.38. The average molecular weight is 368 g/mol. The van der Waals surface area contributed by atoms with Gasteiger partial charge < -0.3 is 16.0 Å². The summed E-state index contributed by atoms with van der Waals surface area (Å²) < 4.78 is 0. The van der Waals surface area contributed by atoms with Gasteiger partial charge in [0.1, 0.15) is 6.04 Å². The number of nitrogens with one attached hydrogen (secondary N) is 1. The van der Waals surface area contributed by atoms with Gasteiger partial charge in [-0.05, 0) is 42.9 Å². The number of carbonyl (C=O) groups excluding carboxylic acids is 2. The van der Waals surface area contributed by atoms with Crippen LogP contribution >= 0.6 is 12.4 Å². The molecule has 5 nitrogen and oxygen atoms in total. The zero-order chi connectivity index (χ0) is 17.9. The highest BCUT2D eigenvalue weighted by atomic mass is 35.5. The molecule has 0 saturated carbocycles. The number of carbonyl (C=O) groups is 2. The zero-order valence-electron chi connectivity index (χ0n) is 15.5. The van der Waals surface area contributed by atoms with Crippen molar-refractivity contribution < 1.29 is 9.59 Å². The van der Waals surface area contributed by atoms with E-state index in [4.69, 9.17) is 5.73 Å². The van der Waals surface area contributed by atoms with Gasteiger partial charge in [-0.2, -0.15) is 0 Å². The van der Waals surface area contributed by atoms with Gasteiger partial charge in [-0.25, -0.2) is 0 Å². The molecule has 0 aliphatic carbocycles. The monoisotopic (exact) mass is 367 g/mol. The Balaban J connectivity index is 0.00000312. The van der Waals surface area contributed by atoms with Gasteiger partial charge in [-0.15, -0.1) is 12.4 Å². The summed E-state index contributed by atoms with van der Waals surface area (Å²) in [7, 11) is 0. The molecule has 2 unspecified atom stereocenters. The minimum absolute atomic E-state index is 0. The molecule has 1 aliphatic rings. The van der Waals surface area contributed by atoms with Crippen LogP contribution in [0.4, 0.5) is 0 Å². The maximum atomic E-state index is 12.9. The number of aryl methyl sites for hydroxylation is 1. The summed E-state index contributed by atoms with van der Waals surface area (Å²) in [4.78, 5) is 27.3. The van der Waals surface area contributed by atoms with E-state index in [2.05, 4.69) is 12.2 Å². The second kappa shape index (κ2) is 8.68. The van der Waals surface area contributed by atoms with Crippen molar-refractivity contribution in [2.45, 2.75) is 40.2 Å². The molecule has 1 fully saturated rings. The topological polar surface area (TPSA) is 75.4 Å². The Hall–Kier alpha value is -1.59. The summed E-state index contributed by atoms with van der Waals surface area (Å²) in [6.07, 6.45) is 0.909. The van der Waals surface area contributed by atoms with Crippen LogP contribution in [0.5, 0.6) is 0 Å². The number of nitrogens with two attached hydrogens (primary N) is 1. The van der Waals surface area contributed by atoms with E-state index in [1.807, 2.05) is 43.9 Å². The Morgan fingerprint density at radius 3 is 2.48 bits per heavy atom. The summed E-state index contributed by atoms with van der Waals surface area (Å²) in [5, 5.41) is 2.93. The Kier molecular flexibility index (Phi) is 7.44. The molecule has 0 bridgehead atoms. The zero-order valence-corrected chi connectivity index (χ0v) is 16.4. The average Bonchev–Trinajstić information content (AvgIpc) is 2.95. The third-order valence-electron chi connectivity index (χ3n) is 4.97. The van der Waals surface area contributed by atoms with Crippen molar-refractivity contribution in [1.82, 2.24) is 10.2 Å². The van der Waals surface area contributed by atoms with E-state index in [1.54, 1.807) is 6.07 Å². The summed E-state index contributed by atoms with van der Waals surface area (Å²) in [5.74, 6) is -0.180. The fourth-order valence-corrected chi connectivity index (χ4v) is 3.14. The van der Waals surface area contributed by atoms with Crippen molar-refractivity contribution in [3.8, 4) is 0 Å². The second-order valence-corrected chi connectivity index (χ2v) is 7.53. The molecule has 140 valence electrons. The van der Waals surface area contributed by atoms with Crippen molar-refractivity contribution in [1.29, 1.82) is 0 Å². The summed E-state index contributed by atoms with van der Waals surface area (Å²) in [6.45, 7) is 9.85. The van der Waals surface area contributed by atoms with Crippen molar-refractivity contribution in [2.75, 3.05) is 19.6 Å². The molecule has 1 aromatic carbocycles. The number of likely N-dealkylation sites (tertiary alicyclic amines) is 1. The second-order valence-electron chi connectivity index (χ2n) is 7.53. The van der Waals surface area contributed by atoms with Gasteiger partial charge in [0.2, 0.25) is 5.91 Å². The van der Waals surface area contributed by atoms with Crippen LogP contribution < -0.4 is 11.1 Å². The first-order chi connectivity index (χ1) is 11.3. The van der Waals surface area contributed by atoms with E-state index in [-0.39, 0.29) is 35.6 Å². The third kappa shape index (κ3) is 4.95. The predicted octanol–water partition coefficient (Wildman–Crippen LogP) is 2.37. The lowest BCUT2D eigenvalue weighted by Gasteiger charge is -2.28. The van der Waals surface area contributed by atoms with Crippen LogP contribution in [0, 0.1) is 18.3 Å². The van der Waals surface area contributed by atoms with Crippen LogP contribution in [-0.4, -0.2) is 42.4 Å². The number of hydrogen-bond donors (Lipinski definition) is 2. The van der Waals surface area contributed by atoms with Gasteiger partial charge in [-0.1, -0.05) is 39.0 Å². The van der Waals surface area contributed by atoms with Crippen molar-refractivity contribution in [3.05, 3.63) is 35.4 Å². The molecular weight excluding hydrogens is 338 g/mol. The van der Waals surface area contributed by atoms with E-state index in [0.29, 0.717) is 25.2 Å². The largest absolute Gasteiger partial charge is 0.340 e. The first-order valence-electron chi connectivity index (χ1n) is 8.63. The van der Waals surface area contributed by atoms with Gasteiger partial charge in [0.05, 0.1) is 0 Å². The highest BCUT2D eigenvalue weighted by Crippen LogP contribution is 2.29. The molecule has 2 amide bonds. The number of amides is 2. The van der Waals surface area contributed by atoms with Crippen LogP contribution in [0.1, 0.15) is 43.1 Å². The summed E-state index contributed by atoms with van der Waals surface area (Å²) >= 11 is 0. The van der Waals surface area contributed by atoms with Gasteiger partial charge in [0.25, 0.3) is 5.91 Å². The number of nitrogens with zero attached hydrogens (tertiary/aromatic N) is 1. The lowest BCUT2D eigenvalue weighted by molar-refractivity contribution is -0.133. The van der Waals surface area contributed by atoms with Crippen molar-refractivity contribution in [3.63, 3.8) is 0 Å². The van der Waals surface area contributed by atoms with E-state index in [0.717, 1.165) is 12.0 Å². The first-order valence-corrected chi connectivity index (χ1v) is 8.63. The van der Waals surface area contributed by atoms with E-state index in [1.165, 1.54) is 0 Å². The van der Waals surface area contributed by atoms with Crippen LogP contribution in [0.2, 0.25) is 0 Å². The Morgan fingerprint density at radius 1 is 1.32 bits per heavy atom. The van der Waals surface area contributed by atoms with E-state index < -0.39 is 6.04 Å². The van der Waals surface area contributed by atoms with Crippen molar-refractivity contribution in [2.24, 2.45) is 17.1 Å². The van der Waals surface area contributed by atoms with Gasteiger partial charge in [0, 0.05) is 18.7 Å².